The normalized spacial score (nSPS) is 11.4. The number of imidazole rings is 1. The standard InChI is InChI=1S/C5H4F4N2.HI/c6-4(7)5(8,9)11-2-1-10-3-11;/h1-4H;1H. The first-order valence-corrected chi connectivity index (χ1v) is 2.75. The number of hydrogen-bond donors (Lipinski definition) is 1. The van der Waals surface area contributed by atoms with Gasteiger partial charge in [-0.1, -0.05) is 0 Å². The summed E-state index contributed by atoms with van der Waals surface area (Å²) in [6.07, 6.45) is -0.947. The fourth-order valence-corrected chi connectivity index (χ4v) is 0.588. The van der Waals surface area contributed by atoms with Crippen molar-refractivity contribution in [2.45, 2.75) is 12.5 Å². The summed E-state index contributed by atoms with van der Waals surface area (Å²) < 4.78 is 47.9. The van der Waals surface area contributed by atoms with Gasteiger partial charge in [-0.15, -0.1) is 0 Å². The third-order valence-corrected chi connectivity index (χ3v) is 1.15. The molecule has 0 aliphatic heterocycles. The van der Waals surface area contributed by atoms with E-state index >= 15 is 0 Å². The maximum atomic E-state index is 12.3. The van der Waals surface area contributed by atoms with E-state index in [1.54, 1.807) is 0 Å². The van der Waals surface area contributed by atoms with E-state index in [0.29, 0.717) is 0 Å². The fourth-order valence-electron chi connectivity index (χ4n) is 0.588. The number of halogens is 5. The van der Waals surface area contributed by atoms with E-state index in [4.69, 9.17) is 0 Å². The average Bonchev–Trinajstić information content (AvgIpc) is 2.37. The lowest BCUT2D eigenvalue weighted by molar-refractivity contribution is -0.833. The van der Waals surface area contributed by atoms with Gasteiger partial charge in [0.05, 0.1) is 0 Å². The van der Waals surface area contributed by atoms with Crippen molar-refractivity contribution in [1.29, 1.82) is 0 Å². The van der Waals surface area contributed by atoms with E-state index in [1.807, 2.05) is 0 Å². The van der Waals surface area contributed by atoms with Crippen LogP contribution in [0.4, 0.5) is 17.6 Å². The van der Waals surface area contributed by atoms with E-state index in [2.05, 4.69) is 4.98 Å². The molecule has 0 saturated heterocycles. The van der Waals surface area contributed by atoms with Crippen LogP contribution in [0.1, 0.15) is 0 Å². The Hall–Kier alpha value is -0.340. The molecule has 0 radical (unpaired) electrons. The van der Waals surface area contributed by atoms with Crippen LogP contribution in [0.2, 0.25) is 0 Å². The zero-order valence-corrected chi connectivity index (χ0v) is 7.80. The Morgan fingerprint density at radius 1 is 1.33 bits per heavy atom. The lowest BCUT2D eigenvalue weighted by Gasteiger charge is -2.09. The summed E-state index contributed by atoms with van der Waals surface area (Å²) in [5.41, 5.74) is 0. The summed E-state index contributed by atoms with van der Waals surface area (Å²) in [5, 5.41) is 0. The van der Waals surface area contributed by atoms with Crippen LogP contribution in [-0.4, -0.2) is 11.4 Å². The summed E-state index contributed by atoms with van der Waals surface area (Å²) >= 11 is 0. The van der Waals surface area contributed by atoms with Crippen LogP contribution in [-0.2, 0) is 6.05 Å². The van der Waals surface area contributed by atoms with Crippen molar-refractivity contribution < 1.29 is 46.1 Å². The van der Waals surface area contributed by atoms with Gasteiger partial charge in [-0.2, -0.15) is 22.1 Å². The highest BCUT2D eigenvalue weighted by Crippen LogP contribution is 2.21. The molecule has 1 aromatic rings. The van der Waals surface area contributed by atoms with E-state index in [1.165, 1.54) is 0 Å². The van der Waals surface area contributed by atoms with Gasteiger partial charge in [0.25, 0.3) is 0 Å². The number of hydrogen-bond acceptors (Lipinski definition) is 0. The Labute approximate surface area is 82.6 Å². The molecule has 12 heavy (non-hydrogen) atoms. The van der Waals surface area contributed by atoms with E-state index in [0.717, 1.165) is 18.7 Å². The largest absolute Gasteiger partial charge is 1.00 e. The van der Waals surface area contributed by atoms with Crippen molar-refractivity contribution >= 4 is 0 Å². The summed E-state index contributed by atoms with van der Waals surface area (Å²) in [7, 11) is 0. The van der Waals surface area contributed by atoms with Crippen molar-refractivity contribution in [2.75, 3.05) is 0 Å². The molecule has 0 unspecified atom stereocenters. The molecule has 0 atom stereocenters. The van der Waals surface area contributed by atoms with E-state index < -0.39 is 12.5 Å². The monoisotopic (exact) mass is 296 g/mol. The SMILES string of the molecule is FC(F)C(F)(F)[n+]1cc[nH]c1.[I-]. The van der Waals surface area contributed by atoms with Gasteiger partial charge in [-0.3, -0.25) is 4.98 Å². The quantitative estimate of drug-likeness (QED) is 0.374. The molecule has 1 heterocycles. The molecule has 0 aliphatic carbocycles. The highest BCUT2D eigenvalue weighted by Gasteiger charge is 2.47. The molecule has 0 saturated carbocycles. The third-order valence-electron chi connectivity index (χ3n) is 1.15. The maximum absolute atomic E-state index is 12.3. The molecule has 70 valence electrons. The van der Waals surface area contributed by atoms with Gasteiger partial charge in [0, 0.05) is 0 Å². The van der Waals surface area contributed by atoms with Crippen molar-refractivity contribution in [3.63, 3.8) is 0 Å². The van der Waals surface area contributed by atoms with Crippen LogP contribution in [0.3, 0.4) is 0 Å². The molecule has 0 spiro atoms. The van der Waals surface area contributed by atoms with Gasteiger partial charge in [0.15, 0.2) is 0 Å². The minimum atomic E-state index is -4.12. The molecule has 1 N–H and O–H groups in total. The molecule has 1 aromatic heterocycles. The van der Waals surface area contributed by atoms with Crippen molar-refractivity contribution in [1.82, 2.24) is 4.98 Å². The van der Waals surface area contributed by atoms with E-state index in [9.17, 15) is 17.6 Å². The summed E-state index contributed by atoms with van der Waals surface area (Å²) in [5.74, 6) is 0. The maximum Gasteiger partial charge on any atom is 0.459 e. The molecular weight excluding hydrogens is 291 g/mol. The molecule has 1 rings (SSSR count). The molecule has 0 fully saturated rings. The van der Waals surface area contributed by atoms with Gasteiger partial charge in [-0.05, 0) is 0 Å². The van der Waals surface area contributed by atoms with Gasteiger partial charge < -0.3 is 24.0 Å². The van der Waals surface area contributed by atoms with Crippen LogP contribution in [0.5, 0.6) is 0 Å². The van der Waals surface area contributed by atoms with Crippen LogP contribution >= 0.6 is 0 Å². The second-order valence-electron chi connectivity index (χ2n) is 1.91. The lowest BCUT2D eigenvalue weighted by Crippen LogP contribution is -3.00. The predicted octanol–water partition coefficient (Wildman–Crippen LogP) is -1.88. The topological polar surface area (TPSA) is 19.7 Å². The van der Waals surface area contributed by atoms with Crippen molar-refractivity contribution in [3.8, 4) is 0 Å². The Morgan fingerprint density at radius 3 is 2.25 bits per heavy atom. The first-order chi connectivity index (χ1) is 5.05. The number of nitrogens with one attached hydrogen (secondary N) is 1. The second-order valence-corrected chi connectivity index (χ2v) is 1.91. The number of aromatic amines is 1. The fraction of sp³-hybridized carbons (Fsp3) is 0.400. The third kappa shape index (κ3) is 2.08. The van der Waals surface area contributed by atoms with Gasteiger partial charge >= 0.3 is 12.5 Å². The summed E-state index contributed by atoms with van der Waals surface area (Å²) in [6.45, 7) is 0. The van der Waals surface area contributed by atoms with Crippen molar-refractivity contribution in [3.05, 3.63) is 18.7 Å². The molecule has 0 amide bonds. The number of alkyl halides is 4. The van der Waals surface area contributed by atoms with Crippen LogP contribution in [0.25, 0.3) is 0 Å². The molecule has 0 aromatic carbocycles. The zero-order valence-electron chi connectivity index (χ0n) is 5.65. The second kappa shape index (κ2) is 4.06. The minimum Gasteiger partial charge on any atom is -1.00 e. The van der Waals surface area contributed by atoms with Crippen LogP contribution < -0.4 is 28.5 Å². The minimum absolute atomic E-state index is 0. The number of rotatable bonds is 2. The number of H-pyrrole nitrogens is 1. The van der Waals surface area contributed by atoms with Gasteiger partial charge in [0.1, 0.15) is 12.4 Å². The van der Waals surface area contributed by atoms with Crippen LogP contribution in [0.15, 0.2) is 18.7 Å². The van der Waals surface area contributed by atoms with Gasteiger partial charge in [-0.25, -0.2) is 0 Å². The highest BCUT2D eigenvalue weighted by atomic mass is 127. The van der Waals surface area contributed by atoms with E-state index in [-0.39, 0.29) is 28.5 Å². The Balaban J connectivity index is 0.00000121. The Kier molecular flexibility index (Phi) is 3.94. The van der Waals surface area contributed by atoms with Gasteiger partial charge in [0.2, 0.25) is 6.33 Å². The Morgan fingerprint density at radius 2 is 1.92 bits per heavy atom. The molecule has 2 nitrogen and oxygen atoms in total. The molecule has 7 heteroatoms. The lowest BCUT2D eigenvalue weighted by atomic mass is 10.5. The van der Waals surface area contributed by atoms with Crippen molar-refractivity contribution in [2.24, 2.45) is 0 Å². The number of nitrogens with zero attached hydrogens (tertiary/aromatic N) is 1. The number of aromatic nitrogens is 2. The Bertz CT molecular complexity index is 223. The molecule has 0 aliphatic rings. The smallest absolute Gasteiger partial charge is 0.459 e. The first kappa shape index (κ1) is 11.7. The summed E-state index contributed by atoms with van der Waals surface area (Å²) in [6, 6.07) is -4.12. The molecular formula is C5H5F4IN2. The summed E-state index contributed by atoms with van der Waals surface area (Å²) in [4.78, 5) is 2.24. The zero-order chi connectivity index (χ0) is 8.48. The highest BCUT2D eigenvalue weighted by molar-refractivity contribution is 4.59. The molecule has 0 bridgehead atoms. The predicted molar refractivity (Wildman–Crippen MR) is 27.2 cm³/mol. The first-order valence-electron chi connectivity index (χ1n) is 2.75. The van der Waals surface area contributed by atoms with Crippen LogP contribution in [0, 0.1) is 0 Å². The average molecular weight is 296 g/mol.